The molecule has 4 N–H and O–H groups in total. The highest BCUT2D eigenvalue weighted by molar-refractivity contribution is 5.84. The van der Waals surface area contributed by atoms with E-state index in [0.717, 1.165) is 0 Å². The Hall–Kier alpha value is -2.24. The van der Waals surface area contributed by atoms with Gasteiger partial charge in [-0.1, -0.05) is 12.1 Å². The minimum absolute atomic E-state index is 0.0794. The van der Waals surface area contributed by atoms with Crippen LogP contribution < -0.4 is 16.2 Å². The Balaban J connectivity index is 2.49. The third kappa shape index (κ3) is 4.79. The van der Waals surface area contributed by atoms with Crippen LogP contribution in [0.4, 0.5) is 5.69 Å². The quantitative estimate of drug-likeness (QED) is 0.720. The molecular weight excluding hydrogens is 258 g/mol. The van der Waals surface area contributed by atoms with Crippen molar-refractivity contribution >= 4 is 17.5 Å². The van der Waals surface area contributed by atoms with Gasteiger partial charge in [0.25, 0.3) is 0 Å². The van der Waals surface area contributed by atoms with Gasteiger partial charge in [-0.2, -0.15) is 0 Å². The maximum atomic E-state index is 12.0. The number of ether oxygens (including phenoxy) is 1. The molecule has 110 valence electrons. The Labute approximate surface area is 118 Å². The summed E-state index contributed by atoms with van der Waals surface area (Å²) >= 11 is 0. The lowest BCUT2D eigenvalue weighted by Gasteiger charge is -2.25. The second kappa shape index (κ2) is 7.37. The van der Waals surface area contributed by atoms with Crippen molar-refractivity contribution in [2.45, 2.75) is 26.3 Å². The van der Waals surface area contributed by atoms with Gasteiger partial charge >= 0.3 is 0 Å². The van der Waals surface area contributed by atoms with Crippen molar-refractivity contribution in [2.75, 3.05) is 18.9 Å². The fraction of sp³-hybridized carbons (Fsp3) is 0.429. The van der Waals surface area contributed by atoms with E-state index in [4.69, 9.17) is 16.2 Å². The van der Waals surface area contributed by atoms with E-state index in [0.29, 0.717) is 11.4 Å². The van der Waals surface area contributed by atoms with Crippen molar-refractivity contribution in [2.24, 2.45) is 5.73 Å². The minimum Gasteiger partial charge on any atom is -0.491 e. The number of nitrogens with zero attached hydrogens (tertiary/aromatic N) is 1. The number of rotatable bonds is 7. The van der Waals surface area contributed by atoms with Gasteiger partial charge < -0.3 is 21.1 Å². The van der Waals surface area contributed by atoms with Crippen LogP contribution in [0.3, 0.4) is 0 Å². The van der Waals surface area contributed by atoms with E-state index in [1.165, 1.54) is 4.90 Å². The number of para-hydroxylation sites is 2. The number of anilines is 1. The average molecular weight is 279 g/mol. The molecule has 0 atom stereocenters. The maximum absolute atomic E-state index is 12.0. The Morgan fingerprint density at radius 1 is 1.30 bits per heavy atom. The standard InChI is InChI=1S/C14H21N3O3/c1-10(2)17(9-13(16)18)14(19)7-8-20-12-6-4-3-5-11(12)15/h3-6,10H,7-9,15H2,1-2H3,(H2,16,18). The highest BCUT2D eigenvalue weighted by atomic mass is 16.5. The van der Waals surface area contributed by atoms with Crippen molar-refractivity contribution < 1.29 is 14.3 Å². The van der Waals surface area contributed by atoms with Crippen molar-refractivity contribution in [1.82, 2.24) is 4.90 Å². The maximum Gasteiger partial charge on any atom is 0.237 e. The number of hydrogen-bond acceptors (Lipinski definition) is 4. The molecule has 0 heterocycles. The lowest BCUT2D eigenvalue weighted by Crippen LogP contribution is -2.43. The summed E-state index contributed by atoms with van der Waals surface area (Å²) in [5.74, 6) is -0.153. The fourth-order valence-electron chi connectivity index (χ4n) is 1.73. The van der Waals surface area contributed by atoms with Crippen molar-refractivity contribution in [3.8, 4) is 5.75 Å². The molecule has 1 rings (SSSR count). The normalized spacial score (nSPS) is 10.3. The summed E-state index contributed by atoms with van der Waals surface area (Å²) in [4.78, 5) is 24.4. The van der Waals surface area contributed by atoms with Crippen LogP contribution >= 0.6 is 0 Å². The molecule has 0 aliphatic heterocycles. The van der Waals surface area contributed by atoms with Gasteiger partial charge in [-0.05, 0) is 26.0 Å². The predicted octanol–water partition coefficient (Wildman–Crippen LogP) is 0.760. The summed E-state index contributed by atoms with van der Waals surface area (Å²) in [5.41, 5.74) is 11.4. The molecule has 0 aliphatic rings. The number of carbonyl (C=O) groups is 2. The van der Waals surface area contributed by atoms with Gasteiger partial charge in [0, 0.05) is 6.04 Å². The highest BCUT2D eigenvalue weighted by Crippen LogP contribution is 2.19. The zero-order valence-electron chi connectivity index (χ0n) is 11.8. The van der Waals surface area contributed by atoms with Crippen LogP contribution in [-0.2, 0) is 9.59 Å². The smallest absolute Gasteiger partial charge is 0.237 e. The van der Waals surface area contributed by atoms with Gasteiger partial charge in [0.2, 0.25) is 11.8 Å². The molecule has 0 saturated heterocycles. The Kier molecular flexibility index (Phi) is 5.83. The first kappa shape index (κ1) is 15.8. The number of amides is 2. The van der Waals surface area contributed by atoms with E-state index in [2.05, 4.69) is 0 Å². The van der Waals surface area contributed by atoms with E-state index in [-0.39, 0.29) is 31.5 Å². The van der Waals surface area contributed by atoms with E-state index in [1.807, 2.05) is 13.8 Å². The third-order valence-electron chi connectivity index (χ3n) is 2.76. The number of nitrogen functional groups attached to an aromatic ring is 1. The predicted molar refractivity (Wildman–Crippen MR) is 77.0 cm³/mol. The van der Waals surface area contributed by atoms with Crippen LogP contribution in [0.1, 0.15) is 20.3 Å². The van der Waals surface area contributed by atoms with Gasteiger partial charge in [0.1, 0.15) is 5.75 Å². The van der Waals surface area contributed by atoms with Crippen LogP contribution in [0.5, 0.6) is 5.75 Å². The molecule has 0 radical (unpaired) electrons. The third-order valence-corrected chi connectivity index (χ3v) is 2.76. The van der Waals surface area contributed by atoms with Crippen molar-refractivity contribution in [3.63, 3.8) is 0 Å². The second-order valence-corrected chi connectivity index (χ2v) is 4.72. The Morgan fingerprint density at radius 3 is 2.50 bits per heavy atom. The van der Waals surface area contributed by atoms with Gasteiger partial charge in [-0.3, -0.25) is 9.59 Å². The van der Waals surface area contributed by atoms with E-state index in [9.17, 15) is 9.59 Å². The summed E-state index contributed by atoms with van der Waals surface area (Å²) in [7, 11) is 0. The summed E-state index contributed by atoms with van der Waals surface area (Å²) in [6.45, 7) is 3.78. The van der Waals surface area contributed by atoms with Gasteiger partial charge in [0.05, 0.1) is 25.3 Å². The fourth-order valence-corrected chi connectivity index (χ4v) is 1.73. The molecule has 0 unspecified atom stereocenters. The lowest BCUT2D eigenvalue weighted by molar-refractivity contribution is -0.137. The van der Waals surface area contributed by atoms with Crippen LogP contribution in [0.2, 0.25) is 0 Å². The molecule has 6 heteroatoms. The molecule has 2 amide bonds. The van der Waals surface area contributed by atoms with Gasteiger partial charge in [0.15, 0.2) is 0 Å². The van der Waals surface area contributed by atoms with Crippen LogP contribution in [0.25, 0.3) is 0 Å². The zero-order chi connectivity index (χ0) is 15.1. The topological polar surface area (TPSA) is 98.6 Å². The highest BCUT2D eigenvalue weighted by Gasteiger charge is 2.18. The van der Waals surface area contributed by atoms with Crippen LogP contribution in [-0.4, -0.2) is 35.9 Å². The average Bonchev–Trinajstić information content (AvgIpc) is 2.37. The summed E-state index contributed by atoms with van der Waals surface area (Å²) in [5, 5.41) is 0. The summed E-state index contributed by atoms with van der Waals surface area (Å²) in [6.07, 6.45) is 0.166. The number of nitrogens with two attached hydrogens (primary N) is 2. The Morgan fingerprint density at radius 2 is 1.95 bits per heavy atom. The van der Waals surface area contributed by atoms with E-state index < -0.39 is 5.91 Å². The van der Waals surface area contributed by atoms with Crippen LogP contribution in [0, 0.1) is 0 Å². The molecule has 0 bridgehead atoms. The minimum atomic E-state index is -0.528. The molecule has 1 aromatic carbocycles. The second-order valence-electron chi connectivity index (χ2n) is 4.72. The molecule has 1 aromatic rings. The molecule has 0 aromatic heterocycles. The number of primary amides is 1. The largest absolute Gasteiger partial charge is 0.491 e. The monoisotopic (exact) mass is 279 g/mol. The number of hydrogen-bond donors (Lipinski definition) is 2. The van der Waals surface area contributed by atoms with Gasteiger partial charge in [-0.25, -0.2) is 0 Å². The Bertz CT molecular complexity index is 474. The number of carbonyl (C=O) groups excluding carboxylic acids is 2. The molecule has 0 saturated carbocycles. The van der Waals surface area contributed by atoms with Crippen LogP contribution in [0.15, 0.2) is 24.3 Å². The first-order valence-electron chi connectivity index (χ1n) is 6.47. The molecular formula is C14H21N3O3. The molecule has 0 fully saturated rings. The van der Waals surface area contributed by atoms with E-state index in [1.54, 1.807) is 24.3 Å². The molecule has 0 aliphatic carbocycles. The summed E-state index contributed by atoms with van der Waals surface area (Å²) in [6, 6.07) is 6.99. The van der Waals surface area contributed by atoms with Gasteiger partial charge in [-0.15, -0.1) is 0 Å². The lowest BCUT2D eigenvalue weighted by atomic mass is 10.2. The summed E-state index contributed by atoms with van der Waals surface area (Å²) < 4.78 is 5.45. The van der Waals surface area contributed by atoms with Crippen molar-refractivity contribution in [3.05, 3.63) is 24.3 Å². The SMILES string of the molecule is CC(C)N(CC(N)=O)C(=O)CCOc1ccccc1N. The number of benzene rings is 1. The van der Waals surface area contributed by atoms with E-state index >= 15 is 0 Å². The molecule has 0 spiro atoms. The zero-order valence-corrected chi connectivity index (χ0v) is 11.8. The molecule has 20 heavy (non-hydrogen) atoms. The first-order valence-corrected chi connectivity index (χ1v) is 6.47. The van der Waals surface area contributed by atoms with Crippen molar-refractivity contribution in [1.29, 1.82) is 0 Å². The first-order chi connectivity index (χ1) is 9.41. The molecule has 6 nitrogen and oxygen atoms in total.